The van der Waals surface area contributed by atoms with Crippen LogP contribution in [-0.4, -0.2) is 32.5 Å². The molecule has 4 saturated carbocycles. The summed E-state index contributed by atoms with van der Waals surface area (Å²) in [7, 11) is 0. The number of carbonyl (C=O) groups excluding carboxylic acids is 1. The molecule has 2 aromatic rings. The van der Waals surface area contributed by atoms with Crippen molar-refractivity contribution in [1.29, 1.82) is 0 Å². The van der Waals surface area contributed by atoms with E-state index in [9.17, 15) is 15.0 Å². The van der Waals surface area contributed by atoms with Gasteiger partial charge in [0.2, 0.25) is 0 Å². The van der Waals surface area contributed by atoms with Gasteiger partial charge in [0.25, 0.3) is 5.91 Å². The van der Waals surface area contributed by atoms with Crippen LogP contribution in [0.2, 0.25) is 0 Å². The van der Waals surface area contributed by atoms with Crippen molar-refractivity contribution in [3.8, 4) is 11.5 Å². The first-order chi connectivity index (χ1) is 13.5. The summed E-state index contributed by atoms with van der Waals surface area (Å²) in [5, 5.41) is 30.3. The number of hydrogen-bond donors (Lipinski definition) is 4. The van der Waals surface area contributed by atoms with Gasteiger partial charge in [-0.2, -0.15) is 10.2 Å². The van der Waals surface area contributed by atoms with Gasteiger partial charge in [0.05, 0.1) is 6.21 Å². The zero-order valence-corrected chi connectivity index (χ0v) is 15.6. The number of rotatable bonds is 4. The van der Waals surface area contributed by atoms with Crippen LogP contribution in [0, 0.1) is 17.8 Å². The second kappa shape index (κ2) is 6.36. The third-order valence-electron chi connectivity index (χ3n) is 6.80. The van der Waals surface area contributed by atoms with Crippen molar-refractivity contribution in [2.45, 2.75) is 43.9 Å². The van der Waals surface area contributed by atoms with Crippen LogP contribution in [0.3, 0.4) is 0 Å². The Kier molecular flexibility index (Phi) is 3.92. The normalized spacial score (nSPS) is 30.8. The third-order valence-corrected chi connectivity index (χ3v) is 6.80. The van der Waals surface area contributed by atoms with E-state index in [1.807, 2.05) is 6.07 Å². The predicted molar refractivity (Wildman–Crippen MR) is 103 cm³/mol. The lowest BCUT2D eigenvalue weighted by molar-refractivity contribution is -0.00721. The molecule has 1 aromatic carbocycles. The van der Waals surface area contributed by atoms with Crippen LogP contribution in [-0.2, 0) is 5.41 Å². The number of aromatic amines is 1. The van der Waals surface area contributed by atoms with Crippen LogP contribution in [0.1, 0.15) is 60.3 Å². The van der Waals surface area contributed by atoms with Crippen molar-refractivity contribution >= 4 is 12.1 Å². The molecule has 0 spiro atoms. The van der Waals surface area contributed by atoms with Crippen molar-refractivity contribution < 1.29 is 15.0 Å². The second-order valence-electron chi connectivity index (χ2n) is 8.81. The monoisotopic (exact) mass is 380 g/mol. The molecule has 146 valence electrons. The Morgan fingerprint density at radius 3 is 2.46 bits per heavy atom. The number of hydrazone groups is 1. The molecular weight excluding hydrogens is 356 g/mol. The predicted octanol–water partition coefficient (Wildman–Crippen LogP) is 3.05. The molecule has 4 bridgehead atoms. The van der Waals surface area contributed by atoms with E-state index < -0.39 is 0 Å². The minimum absolute atomic E-state index is 0.0348. The van der Waals surface area contributed by atoms with Crippen LogP contribution in [0.4, 0.5) is 0 Å². The van der Waals surface area contributed by atoms with Crippen LogP contribution < -0.4 is 5.43 Å². The molecule has 0 radical (unpaired) electrons. The fourth-order valence-electron chi connectivity index (χ4n) is 6.01. The van der Waals surface area contributed by atoms with Gasteiger partial charge in [-0.3, -0.25) is 9.89 Å². The van der Waals surface area contributed by atoms with Gasteiger partial charge in [-0.05, 0) is 74.5 Å². The third kappa shape index (κ3) is 2.95. The quantitative estimate of drug-likeness (QED) is 0.482. The number of phenolic OH excluding ortho intramolecular Hbond substituents is 2. The maximum atomic E-state index is 12.4. The molecule has 28 heavy (non-hydrogen) atoms. The van der Waals surface area contributed by atoms with Crippen LogP contribution in [0.5, 0.6) is 11.5 Å². The molecule has 1 aromatic heterocycles. The van der Waals surface area contributed by atoms with E-state index in [4.69, 9.17) is 0 Å². The van der Waals surface area contributed by atoms with Crippen molar-refractivity contribution in [3.05, 3.63) is 41.2 Å². The first-order valence-corrected chi connectivity index (χ1v) is 9.92. The first-order valence-electron chi connectivity index (χ1n) is 9.92. The summed E-state index contributed by atoms with van der Waals surface area (Å²) in [5.41, 5.74) is 4.44. The van der Waals surface area contributed by atoms with Crippen molar-refractivity contribution in [2.75, 3.05) is 0 Å². The average molecular weight is 380 g/mol. The molecule has 7 heteroatoms. The molecular formula is C21H24N4O3. The number of amides is 1. The van der Waals surface area contributed by atoms with Crippen LogP contribution in [0.15, 0.2) is 29.4 Å². The van der Waals surface area contributed by atoms with Crippen LogP contribution in [0.25, 0.3) is 0 Å². The van der Waals surface area contributed by atoms with Gasteiger partial charge >= 0.3 is 0 Å². The molecule has 7 nitrogen and oxygen atoms in total. The SMILES string of the molecule is O=C(N/N=C\c1ccc(O)cc1O)c1cc(C23CC4CC(CC(C4)C2)C3)[nH]n1. The molecule has 1 heterocycles. The molecule has 0 aliphatic heterocycles. The minimum Gasteiger partial charge on any atom is -0.508 e. The molecule has 6 rings (SSSR count). The van der Waals surface area contributed by atoms with Crippen molar-refractivity contribution in [3.63, 3.8) is 0 Å². The number of H-pyrrole nitrogens is 1. The maximum absolute atomic E-state index is 12.4. The summed E-state index contributed by atoms with van der Waals surface area (Å²) in [6, 6.07) is 6.05. The summed E-state index contributed by atoms with van der Waals surface area (Å²) < 4.78 is 0. The molecule has 0 saturated heterocycles. The van der Waals surface area contributed by atoms with E-state index in [-0.39, 0.29) is 22.8 Å². The van der Waals surface area contributed by atoms with Gasteiger partial charge in [0, 0.05) is 22.7 Å². The smallest absolute Gasteiger partial charge is 0.291 e. The van der Waals surface area contributed by atoms with Crippen molar-refractivity contribution in [2.24, 2.45) is 22.9 Å². The van der Waals surface area contributed by atoms with Gasteiger partial charge in [-0.15, -0.1) is 0 Å². The number of hydrogen-bond acceptors (Lipinski definition) is 5. The summed E-state index contributed by atoms with van der Waals surface area (Å²) in [6.45, 7) is 0. The Balaban J connectivity index is 1.28. The minimum atomic E-state index is -0.387. The lowest BCUT2D eigenvalue weighted by Gasteiger charge is -2.56. The molecule has 0 unspecified atom stereocenters. The largest absolute Gasteiger partial charge is 0.508 e. The highest BCUT2D eigenvalue weighted by molar-refractivity contribution is 5.93. The Morgan fingerprint density at radius 2 is 1.82 bits per heavy atom. The van der Waals surface area contributed by atoms with E-state index in [2.05, 4.69) is 20.7 Å². The van der Waals surface area contributed by atoms with E-state index in [1.54, 1.807) is 0 Å². The summed E-state index contributed by atoms with van der Waals surface area (Å²) >= 11 is 0. The fourth-order valence-corrected chi connectivity index (χ4v) is 6.01. The van der Waals surface area contributed by atoms with Gasteiger partial charge in [0.1, 0.15) is 11.5 Å². The van der Waals surface area contributed by atoms with Gasteiger partial charge < -0.3 is 10.2 Å². The first kappa shape index (κ1) is 17.3. The van der Waals surface area contributed by atoms with Crippen LogP contribution >= 0.6 is 0 Å². The standard InChI is InChI=1S/C21H24N4O3/c26-16-2-1-15(18(27)6-16)11-22-25-20(28)17-7-19(24-23-17)21-8-12-3-13(9-21)5-14(4-12)10-21/h1-2,6-7,11-14,26-27H,3-5,8-10H2,(H,23,24)(H,25,28)/b22-11-. The lowest BCUT2D eigenvalue weighted by atomic mass is 9.49. The Labute approximate surface area is 162 Å². The topological polar surface area (TPSA) is 111 Å². The highest BCUT2D eigenvalue weighted by atomic mass is 16.3. The molecule has 4 fully saturated rings. The second-order valence-corrected chi connectivity index (χ2v) is 8.81. The molecule has 0 atom stereocenters. The Morgan fingerprint density at radius 1 is 1.14 bits per heavy atom. The van der Waals surface area contributed by atoms with Crippen molar-refractivity contribution in [1.82, 2.24) is 15.6 Å². The molecule has 4 aliphatic rings. The highest BCUT2D eigenvalue weighted by Crippen LogP contribution is 2.60. The molecule has 4 N–H and O–H groups in total. The number of carbonyl (C=O) groups is 1. The molecule has 1 amide bonds. The van der Waals surface area contributed by atoms with Gasteiger partial charge in [-0.25, -0.2) is 5.43 Å². The average Bonchev–Trinajstić information content (AvgIpc) is 3.13. The Bertz CT molecular complexity index is 914. The zero-order valence-electron chi connectivity index (χ0n) is 15.6. The summed E-state index contributed by atoms with van der Waals surface area (Å²) in [6.07, 6.45) is 9.08. The number of nitrogens with zero attached hydrogens (tertiary/aromatic N) is 2. The summed E-state index contributed by atoms with van der Waals surface area (Å²) in [4.78, 5) is 12.4. The lowest BCUT2D eigenvalue weighted by Crippen LogP contribution is -2.48. The summed E-state index contributed by atoms with van der Waals surface area (Å²) in [5.74, 6) is 1.95. The van der Waals surface area contributed by atoms with E-state index in [0.29, 0.717) is 11.3 Å². The molecule has 4 aliphatic carbocycles. The number of aromatic hydroxyl groups is 2. The zero-order chi connectivity index (χ0) is 19.3. The Hall–Kier alpha value is -2.83. The van der Waals surface area contributed by atoms with E-state index >= 15 is 0 Å². The van der Waals surface area contributed by atoms with Gasteiger partial charge in [0.15, 0.2) is 5.69 Å². The number of phenols is 2. The van der Waals surface area contributed by atoms with Gasteiger partial charge in [-0.1, -0.05) is 0 Å². The number of nitrogens with one attached hydrogen (secondary N) is 2. The fraction of sp³-hybridized carbons (Fsp3) is 0.476. The van der Waals surface area contributed by atoms with E-state index in [1.165, 1.54) is 62.9 Å². The maximum Gasteiger partial charge on any atom is 0.291 e. The number of aromatic nitrogens is 2. The highest BCUT2D eigenvalue weighted by Gasteiger charge is 2.52. The number of benzene rings is 1. The van der Waals surface area contributed by atoms with E-state index in [0.717, 1.165) is 23.4 Å².